The first-order valence-electron chi connectivity index (χ1n) is 6.55. The molecule has 1 N–H and O–H groups in total. The maximum absolute atomic E-state index is 10.8. The van der Waals surface area contributed by atoms with Crippen LogP contribution < -0.4 is 5.32 Å². The van der Waals surface area contributed by atoms with E-state index < -0.39 is 4.92 Å². The molecule has 1 aromatic heterocycles. The Balaban J connectivity index is 1.90. The number of nitrogens with zero attached hydrogens (tertiary/aromatic N) is 2. The minimum atomic E-state index is -0.412. The van der Waals surface area contributed by atoms with Gasteiger partial charge in [0.1, 0.15) is 0 Å². The van der Waals surface area contributed by atoms with Crippen LogP contribution in [0.4, 0.5) is 11.4 Å². The molecule has 0 fully saturated rings. The van der Waals surface area contributed by atoms with E-state index in [4.69, 9.17) is 0 Å². The van der Waals surface area contributed by atoms with E-state index in [-0.39, 0.29) is 5.69 Å². The van der Waals surface area contributed by atoms with E-state index in [1.54, 1.807) is 12.3 Å². The Morgan fingerprint density at radius 3 is 2.67 bits per heavy atom. The van der Waals surface area contributed by atoms with Gasteiger partial charge >= 0.3 is 0 Å². The lowest BCUT2D eigenvalue weighted by atomic mass is 10.1. The van der Waals surface area contributed by atoms with Crippen LogP contribution in [0.3, 0.4) is 0 Å². The van der Waals surface area contributed by atoms with Crippen LogP contribution in [0.15, 0.2) is 60.8 Å². The van der Waals surface area contributed by atoms with Gasteiger partial charge in [-0.1, -0.05) is 30.3 Å². The van der Waals surface area contributed by atoms with E-state index in [1.165, 1.54) is 17.7 Å². The molecule has 5 heteroatoms. The first-order chi connectivity index (χ1) is 10.2. The van der Waals surface area contributed by atoms with Crippen LogP contribution in [0.2, 0.25) is 0 Å². The van der Waals surface area contributed by atoms with Crippen LogP contribution in [0.25, 0.3) is 10.9 Å². The third-order valence-corrected chi connectivity index (χ3v) is 3.26. The summed E-state index contributed by atoms with van der Waals surface area (Å²) in [6, 6.07) is 16.6. The van der Waals surface area contributed by atoms with Crippen LogP contribution in [0, 0.1) is 10.1 Å². The quantitative estimate of drug-likeness (QED) is 0.583. The Bertz CT molecular complexity index is 788. The number of nitrogens with one attached hydrogen (secondary N) is 1. The second-order valence-electron chi connectivity index (χ2n) is 4.66. The van der Waals surface area contributed by atoms with Crippen LogP contribution >= 0.6 is 0 Å². The second kappa shape index (κ2) is 5.58. The fourth-order valence-corrected chi connectivity index (χ4v) is 2.20. The van der Waals surface area contributed by atoms with Crippen LogP contribution in [-0.4, -0.2) is 9.91 Å². The van der Waals surface area contributed by atoms with Crippen molar-refractivity contribution in [2.24, 2.45) is 0 Å². The Kier molecular flexibility index (Phi) is 3.47. The van der Waals surface area contributed by atoms with E-state index in [2.05, 4.69) is 10.3 Å². The second-order valence-corrected chi connectivity index (χ2v) is 4.66. The molecule has 1 heterocycles. The molecule has 2 aromatic carbocycles. The molecule has 3 aromatic rings. The SMILES string of the molecule is O=[N+]([O-])c1ccc2c(NCc3ccccc3)ccnc2c1. The molecule has 0 atom stereocenters. The van der Waals surface area contributed by atoms with E-state index in [0.717, 1.165) is 11.1 Å². The summed E-state index contributed by atoms with van der Waals surface area (Å²) in [6.45, 7) is 0.691. The van der Waals surface area contributed by atoms with Crippen molar-refractivity contribution in [2.45, 2.75) is 6.54 Å². The average molecular weight is 279 g/mol. The minimum Gasteiger partial charge on any atom is -0.380 e. The molecule has 0 aliphatic heterocycles. The molecule has 0 saturated heterocycles. The van der Waals surface area contributed by atoms with Crippen LogP contribution in [-0.2, 0) is 6.54 Å². The van der Waals surface area contributed by atoms with Crippen molar-refractivity contribution in [1.29, 1.82) is 0 Å². The first kappa shape index (κ1) is 13.1. The highest BCUT2D eigenvalue weighted by Gasteiger charge is 2.09. The summed E-state index contributed by atoms with van der Waals surface area (Å²) in [5.74, 6) is 0. The van der Waals surface area contributed by atoms with Gasteiger partial charge in [0.15, 0.2) is 0 Å². The molecule has 0 bridgehead atoms. The van der Waals surface area contributed by atoms with Gasteiger partial charge in [-0.2, -0.15) is 0 Å². The van der Waals surface area contributed by atoms with Crippen LogP contribution in [0.5, 0.6) is 0 Å². The van der Waals surface area contributed by atoms with Gasteiger partial charge in [0.25, 0.3) is 5.69 Å². The predicted molar refractivity (Wildman–Crippen MR) is 82.2 cm³/mol. The maximum atomic E-state index is 10.8. The molecule has 5 nitrogen and oxygen atoms in total. The van der Waals surface area contributed by atoms with Gasteiger partial charge < -0.3 is 5.32 Å². The summed E-state index contributed by atoms with van der Waals surface area (Å²) in [4.78, 5) is 14.6. The number of fused-ring (bicyclic) bond motifs is 1. The normalized spacial score (nSPS) is 10.5. The highest BCUT2D eigenvalue weighted by molar-refractivity contribution is 5.92. The molecular formula is C16H13N3O2. The highest BCUT2D eigenvalue weighted by Crippen LogP contribution is 2.25. The van der Waals surface area contributed by atoms with Crippen molar-refractivity contribution >= 4 is 22.3 Å². The van der Waals surface area contributed by atoms with Gasteiger partial charge in [0.2, 0.25) is 0 Å². The Morgan fingerprint density at radius 1 is 1.10 bits per heavy atom. The highest BCUT2D eigenvalue weighted by atomic mass is 16.6. The number of pyridine rings is 1. The number of benzene rings is 2. The molecule has 0 amide bonds. The number of aromatic nitrogens is 1. The number of non-ortho nitro benzene ring substituents is 1. The summed E-state index contributed by atoms with van der Waals surface area (Å²) < 4.78 is 0. The lowest BCUT2D eigenvalue weighted by Gasteiger charge is -2.09. The molecule has 0 aliphatic carbocycles. The topological polar surface area (TPSA) is 68.1 Å². The molecule has 21 heavy (non-hydrogen) atoms. The van der Waals surface area contributed by atoms with Crippen molar-refractivity contribution in [2.75, 3.05) is 5.32 Å². The fraction of sp³-hybridized carbons (Fsp3) is 0.0625. The molecule has 3 rings (SSSR count). The van der Waals surface area contributed by atoms with E-state index in [1.807, 2.05) is 36.4 Å². The van der Waals surface area contributed by atoms with Crippen molar-refractivity contribution in [3.63, 3.8) is 0 Å². The van der Waals surface area contributed by atoms with Gasteiger partial charge in [-0.3, -0.25) is 15.1 Å². The van der Waals surface area contributed by atoms with Gasteiger partial charge in [-0.05, 0) is 17.7 Å². The summed E-state index contributed by atoms with van der Waals surface area (Å²) >= 11 is 0. The van der Waals surface area contributed by atoms with Gasteiger partial charge in [-0.15, -0.1) is 0 Å². The summed E-state index contributed by atoms with van der Waals surface area (Å²) in [7, 11) is 0. The molecule has 104 valence electrons. The zero-order valence-corrected chi connectivity index (χ0v) is 11.2. The van der Waals surface area contributed by atoms with Gasteiger partial charge in [-0.25, -0.2) is 0 Å². The summed E-state index contributed by atoms with van der Waals surface area (Å²) in [5, 5.41) is 15.0. The minimum absolute atomic E-state index is 0.0511. The van der Waals surface area contributed by atoms with Crippen molar-refractivity contribution in [3.05, 3.63) is 76.5 Å². The fourth-order valence-electron chi connectivity index (χ4n) is 2.20. The Labute approximate surface area is 121 Å². The van der Waals surface area contributed by atoms with E-state index in [9.17, 15) is 10.1 Å². The molecule has 0 saturated carbocycles. The van der Waals surface area contributed by atoms with E-state index in [0.29, 0.717) is 12.1 Å². The zero-order valence-electron chi connectivity index (χ0n) is 11.2. The average Bonchev–Trinajstić information content (AvgIpc) is 2.53. The van der Waals surface area contributed by atoms with Crippen LogP contribution in [0.1, 0.15) is 5.56 Å². The van der Waals surface area contributed by atoms with Crippen molar-refractivity contribution < 1.29 is 4.92 Å². The number of hydrogen-bond acceptors (Lipinski definition) is 4. The number of nitro benzene ring substituents is 1. The monoisotopic (exact) mass is 279 g/mol. The first-order valence-corrected chi connectivity index (χ1v) is 6.55. The molecule has 0 radical (unpaired) electrons. The lowest BCUT2D eigenvalue weighted by Crippen LogP contribution is -2.00. The number of nitro groups is 1. The number of anilines is 1. The standard InChI is InChI=1S/C16H13N3O2/c20-19(21)13-6-7-14-15(8-9-17-16(14)10-13)18-11-12-4-2-1-3-5-12/h1-10H,11H2,(H,17,18). The molecule has 0 aliphatic rings. The third kappa shape index (κ3) is 2.81. The van der Waals surface area contributed by atoms with Crippen molar-refractivity contribution in [1.82, 2.24) is 4.98 Å². The largest absolute Gasteiger partial charge is 0.380 e. The third-order valence-electron chi connectivity index (χ3n) is 3.26. The smallest absolute Gasteiger partial charge is 0.271 e. The molecule has 0 spiro atoms. The maximum Gasteiger partial charge on any atom is 0.271 e. The predicted octanol–water partition coefficient (Wildman–Crippen LogP) is 3.76. The summed E-state index contributed by atoms with van der Waals surface area (Å²) in [5.41, 5.74) is 2.75. The van der Waals surface area contributed by atoms with Gasteiger partial charge in [0.05, 0.1) is 10.4 Å². The Morgan fingerprint density at radius 2 is 1.90 bits per heavy atom. The molecular weight excluding hydrogens is 266 g/mol. The summed E-state index contributed by atoms with van der Waals surface area (Å²) in [6.07, 6.45) is 1.65. The van der Waals surface area contributed by atoms with Gasteiger partial charge in [0, 0.05) is 35.9 Å². The van der Waals surface area contributed by atoms with Crippen molar-refractivity contribution in [3.8, 4) is 0 Å². The number of rotatable bonds is 4. The lowest BCUT2D eigenvalue weighted by molar-refractivity contribution is -0.384. The number of hydrogen-bond donors (Lipinski definition) is 1. The Hall–Kier alpha value is -2.95. The molecule has 0 unspecified atom stereocenters. The van der Waals surface area contributed by atoms with E-state index >= 15 is 0 Å². The zero-order chi connectivity index (χ0) is 14.7.